The lowest BCUT2D eigenvalue weighted by Crippen LogP contribution is -2.20. The van der Waals surface area contributed by atoms with Crippen LogP contribution in [0.4, 0.5) is 0 Å². The van der Waals surface area contributed by atoms with Crippen LogP contribution in [0, 0.1) is 0 Å². The van der Waals surface area contributed by atoms with E-state index in [1.165, 1.54) is 0 Å². The summed E-state index contributed by atoms with van der Waals surface area (Å²) < 4.78 is 0.889. The number of aliphatic hydroxyl groups is 1. The van der Waals surface area contributed by atoms with Gasteiger partial charge in [0.15, 0.2) is 0 Å². The van der Waals surface area contributed by atoms with E-state index in [9.17, 15) is 5.11 Å². The summed E-state index contributed by atoms with van der Waals surface area (Å²) in [6, 6.07) is 1.87. The van der Waals surface area contributed by atoms with Gasteiger partial charge in [-0.1, -0.05) is 6.92 Å². The molecule has 0 amide bonds. The Balaban J connectivity index is 2.60. The Kier molecular flexibility index (Phi) is 4.35. The minimum atomic E-state index is -0.482. The van der Waals surface area contributed by atoms with Crippen LogP contribution in [0.1, 0.15) is 18.6 Å². The van der Waals surface area contributed by atoms with Crippen LogP contribution in [0.5, 0.6) is 0 Å². The highest BCUT2D eigenvalue weighted by Crippen LogP contribution is 2.15. The van der Waals surface area contributed by atoms with E-state index in [1.54, 1.807) is 12.4 Å². The van der Waals surface area contributed by atoms with Crippen molar-refractivity contribution in [3.63, 3.8) is 0 Å². The number of hydrogen-bond acceptors (Lipinski definition) is 3. The number of halogens is 1. The van der Waals surface area contributed by atoms with Crippen molar-refractivity contribution >= 4 is 15.9 Å². The summed E-state index contributed by atoms with van der Waals surface area (Å²) in [5, 5.41) is 12.7. The number of likely N-dealkylation sites (N-methyl/N-ethyl adjacent to an activating group) is 1. The average Bonchev–Trinajstić information content (AvgIpc) is 2.14. The quantitative estimate of drug-likeness (QED) is 0.844. The van der Waals surface area contributed by atoms with E-state index in [0.29, 0.717) is 6.54 Å². The van der Waals surface area contributed by atoms with Crippen LogP contribution in [-0.4, -0.2) is 23.2 Å². The van der Waals surface area contributed by atoms with Crippen molar-refractivity contribution < 1.29 is 5.11 Å². The predicted molar refractivity (Wildman–Crippen MR) is 55.4 cm³/mol. The molecule has 0 radical (unpaired) electrons. The van der Waals surface area contributed by atoms with E-state index in [1.807, 2.05) is 13.0 Å². The lowest BCUT2D eigenvalue weighted by Gasteiger charge is -2.10. The fraction of sp³-hybridized carbons (Fsp3) is 0.444. The molecule has 0 bridgehead atoms. The molecule has 1 heterocycles. The Morgan fingerprint density at radius 3 is 3.00 bits per heavy atom. The second kappa shape index (κ2) is 5.32. The third-order valence-electron chi connectivity index (χ3n) is 1.70. The summed E-state index contributed by atoms with van der Waals surface area (Å²) in [4.78, 5) is 3.98. The van der Waals surface area contributed by atoms with Gasteiger partial charge in [0, 0.05) is 29.0 Å². The monoisotopic (exact) mass is 244 g/mol. The highest BCUT2D eigenvalue weighted by molar-refractivity contribution is 9.10. The molecule has 0 saturated carbocycles. The molecule has 13 heavy (non-hydrogen) atoms. The third kappa shape index (κ3) is 3.42. The van der Waals surface area contributed by atoms with Crippen molar-refractivity contribution in [3.05, 3.63) is 28.5 Å². The zero-order chi connectivity index (χ0) is 9.68. The highest BCUT2D eigenvalue weighted by Gasteiger charge is 2.06. The van der Waals surface area contributed by atoms with Crippen LogP contribution in [0.3, 0.4) is 0 Å². The minimum Gasteiger partial charge on any atom is -0.387 e. The number of aliphatic hydroxyl groups excluding tert-OH is 1. The molecule has 0 fully saturated rings. The second-order valence-electron chi connectivity index (χ2n) is 2.76. The topological polar surface area (TPSA) is 45.1 Å². The molecule has 0 aliphatic carbocycles. The summed E-state index contributed by atoms with van der Waals surface area (Å²) >= 11 is 3.30. The molecule has 0 spiro atoms. The molecule has 1 rings (SSSR count). The van der Waals surface area contributed by atoms with Gasteiger partial charge in [-0.25, -0.2) is 0 Å². The molecule has 4 heteroatoms. The molecular weight excluding hydrogens is 232 g/mol. The lowest BCUT2D eigenvalue weighted by molar-refractivity contribution is 0.175. The molecule has 1 aromatic heterocycles. The minimum absolute atomic E-state index is 0.482. The fourth-order valence-electron chi connectivity index (χ4n) is 1.01. The molecule has 1 unspecified atom stereocenters. The summed E-state index contributed by atoms with van der Waals surface area (Å²) in [5.74, 6) is 0. The zero-order valence-corrected chi connectivity index (χ0v) is 9.08. The highest BCUT2D eigenvalue weighted by atomic mass is 79.9. The third-order valence-corrected chi connectivity index (χ3v) is 2.13. The first-order valence-corrected chi connectivity index (χ1v) is 5.02. The Labute approximate surface area is 86.3 Å². The van der Waals surface area contributed by atoms with Gasteiger partial charge in [0.05, 0.1) is 6.10 Å². The molecule has 2 N–H and O–H groups in total. The lowest BCUT2D eigenvalue weighted by atomic mass is 10.1. The molecule has 0 aliphatic heterocycles. The van der Waals surface area contributed by atoms with Crippen LogP contribution in [0.2, 0.25) is 0 Å². The van der Waals surface area contributed by atoms with Crippen molar-refractivity contribution in [1.82, 2.24) is 10.3 Å². The molecule has 1 aromatic rings. The van der Waals surface area contributed by atoms with E-state index >= 15 is 0 Å². The number of nitrogens with one attached hydrogen (secondary N) is 1. The van der Waals surface area contributed by atoms with Gasteiger partial charge in [-0.3, -0.25) is 4.98 Å². The summed E-state index contributed by atoms with van der Waals surface area (Å²) in [5.41, 5.74) is 0.829. The maximum absolute atomic E-state index is 9.65. The average molecular weight is 245 g/mol. The zero-order valence-electron chi connectivity index (χ0n) is 7.50. The van der Waals surface area contributed by atoms with E-state index < -0.39 is 6.10 Å². The van der Waals surface area contributed by atoms with Crippen LogP contribution >= 0.6 is 15.9 Å². The van der Waals surface area contributed by atoms with Crippen molar-refractivity contribution in [1.29, 1.82) is 0 Å². The van der Waals surface area contributed by atoms with E-state index in [0.717, 1.165) is 16.6 Å². The van der Waals surface area contributed by atoms with E-state index in [-0.39, 0.29) is 0 Å². The molecule has 3 nitrogen and oxygen atoms in total. The van der Waals surface area contributed by atoms with Gasteiger partial charge in [-0.2, -0.15) is 0 Å². The van der Waals surface area contributed by atoms with Gasteiger partial charge >= 0.3 is 0 Å². The Bertz CT molecular complexity index is 268. The van der Waals surface area contributed by atoms with E-state index in [2.05, 4.69) is 26.2 Å². The van der Waals surface area contributed by atoms with Crippen molar-refractivity contribution in [2.24, 2.45) is 0 Å². The molecule has 1 atom stereocenters. The Hall–Kier alpha value is -0.450. The van der Waals surface area contributed by atoms with Crippen LogP contribution in [0.25, 0.3) is 0 Å². The maximum atomic E-state index is 9.65. The number of nitrogens with zero attached hydrogens (tertiary/aromatic N) is 1. The standard InChI is InChI=1S/C9H13BrN2O/c1-2-11-6-9(13)7-3-8(10)5-12-4-7/h3-5,9,11,13H,2,6H2,1H3. The summed E-state index contributed by atoms with van der Waals surface area (Å²) in [7, 11) is 0. The smallest absolute Gasteiger partial charge is 0.0929 e. The van der Waals surface area contributed by atoms with E-state index in [4.69, 9.17) is 0 Å². The molecule has 0 saturated heterocycles. The van der Waals surface area contributed by atoms with Gasteiger partial charge in [0.25, 0.3) is 0 Å². The number of rotatable bonds is 4. The SMILES string of the molecule is CCNCC(O)c1cncc(Br)c1. The largest absolute Gasteiger partial charge is 0.387 e. The van der Waals surface area contributed by atoms with Crippen LogP contribution in [-0.2, 0) is 0 Å². The van der Waals surface area contributed by atoms with Gasteiger partial charge < -0.3 is 10.4 Å². The second-order valence-corrected chi connectivity index (χ2v) is 3.68. The van der Waals surface area contributed by atoms with Crippen molar-refractivity contribution in [2.45, 2.75) is 13.0 Å². The van der Waals surface area contributed by atoms with Crippen LogP contribution < -0.4 is 5.32 Å². The van der Waals surface area contributed by atoms with Crippen molar-refractivity contribution in [2.75, 3.05) is 13.1 Å². The molecular formula is C9H13BrN2O. The van der Waals surface area contributed by atoms with Gasteiger partial charge in [-0.05, 0) is 28.5 Å². The molecule has 72 valence electrons. The summed E-state index contributed by atoms with van der Waals surface area (Å²) in [6.07, 6.45) is 2.89. The van der Waals surface area contributed by atoms with Gasteiger partial charge in [0.1, 0.15) is 0 Å². The van der Waals surface area contributed by atoms with Crippen molar-refractivity contribution in [3.8, 4) is 0 Å². The molecule has 0 aliphatic rings. The number of hydrogen-bond donors (Lipinski definition) is 2. The fourth-order valence-corrected chi connectivity index (χ4v) is 1.39. The normalized spacial score (nSPS) is 12.8. The maximum Gasteiger partial charge on any atom is 0.0929 e. The summed E-state index contributed by atoms with van der Waals surface area (Å²) in [6.45, 7) is 3.43. The first kappa shape index (κ1) is 10.6. The van der Waals surface area contributed by atoms with Gasteiger partial charge in [-0.15, -0.1) is 0 Å². The molecule has 0 aromatic carbocycles. The predicted octanol–water partition coefficient (Wildman–Crippen LogP) is 1.49. The Morgan fingerprint density at radius 2 is 2.38 bits per heavy atom. The Morgan fingerprint density at radius 1 is 1.62 bits per heavy atom. The van der Waals surface area contributed by atoms with Gasteiger partial charge in [0.2, 0.25) is 0 Å². The first-order chi connectivity index (χ1) is 6.24. The number of aromatic nitrogens is 1. The number of pyridine rings is 1. The first-order valence-electron chi connectivity index (χ1n) is 4.23. The van der Waals surface area contributed by atoms with Crippen LogP contribution in [0.15, 0.2) is 22.9 Å².